The Morgan fingerprint density at radius 3 is 2.00 bits per heavy atom. The van der Waals surface area contributed by atoms with E-state index in [1.807, 2.05) is 6.92 Å². The van der Waals surface area contributed by atoms with Gasteiger partial charge >= 0.3 is 0 Å². The van der Waals surface area contributed by atoms with E-state index >= 15 is 0 Å². The van der Waals surface area contributed by atoms with E-state index in [4.69, 9.17) is 15.2 Å². The summed E-state index contributed by atoms with van der Waals surface area (Å²) in [6.07, 6.45) is 0.860. The number of hydrogen-bond acceptors (Lipinski definition) is 8. The van der Waals surface area contributed by atoms with Crippen molar-refractivity contribution in [3.63, 3.8) is 0 Å². The summed E-state index contributed by atoms with van der Waals surface area (Å²) < 4.78 is 11.5. The minimum absolute atomic E-state index is 0.130. The predicted molar refractivity (Wildman–Crippen MR) is 98.1 cm³/mol. The third-order valence-corrected chi connectivity index (χ3v) is 5.74. The van der Waals surface area contributed by atoms with Crippen molar-refractivity contribution in [1.82, 2.24) is 0 Å². The van der Waals surface area contributed by atoms with E-state index in [1.54, 1.807) is 27.7 Å². The van der Waals surface area contributed by atoms with Gasteiger partial charge in [0.05, 0.1) is 5.60 Å². The van der Waals surface area contributed by atoms with Crippen LogP contribution in [0.2, 0.25) is 0 Å². The molecule has 0 radical (unpaired) electrons. The summed E-state index contributed by atoms with van der Waals surface area (Å²) in [7, 11) is 0. The number of aliphatic hydroxyl groups is 1. The van der Waals surface area contributed by atoms with E-state index in [2.05, 4.69) is 9.98 Å². The second kappa shape index (κ2) is 7.11. The third kappa shape index (κ3) is 3.29. The van der Waals surface area contributed by atoms with Gasteiger partial charge in [-0.3, -0.25) is 10.1 Å². The molecule has 0 amide bonds. The summed E-state index contributed by atoms with van der Waals surface area (Å²) in [6, 6.07) is -1.01. The molecule has 0 saturated carbocycles. The third-order valence-electron chi connectivity index (χ3n) is 5.74. The molecule has 0 aromatic carbocycles. The van der Waals surface area contributed by atoms with Crippen LogP contribution in [0.4, 0.5) is 0 Å². The SMILES string of the molecule is CCC(CN)(C1=NC(C(C)(C)O)CO1)C1=NC(C(C)(CC)[N+](=O)[O-])CO1. The molecular weight excluding hydrogens is 340 g/mol. The Kier molecular flexibility index (Phi) is 5.63. The normalized spacial score (nSPS) is 27.7. The molecule has 2 aliphatic rings. The fraction of sp³-hybridized carbons (Fsp3) is 0.882. The van der Waals surface area contributed by atoms with Crippen LogP contribution >= 0.6 is 0 Å². The molecule has 2 aliphatic heterocycles. The first kappa shape index (κ1) is 20.6. The Morgan fingerprint density at radius 1 is 1.15 bits per heavy atom. The Morgan fingerprint density at radius 2 is 1.65 bits per heavy atom. The highest BCUT2D eigenvalue weighted by Crippen LogP contribution is 2.36. The van der Waals surface area contributed by atoms with Gasteiger partial charge in [-0.2, -0.15) is 0 Å². The van der Waals surface area contributed by atoms with Gasteiger partial charge in [-0.25, -0.2) is 9.98 Å². The number of nitrogens with two attached hydrogens (primary N) is 1. The van der Waals surface area contributed by atoms with Crippen LogP contribution in [-0.2, 0) is 9.47 Å². The van der Waals surface area contributed by atoms with Gasteiger partial charge in [0.1, 0.15) is 24.7 Å². The smallest absolute Gasteiger partial charge is 0.244 e. The van der Waals surface area contributed by atoms with E-state index in [9.17, 15) is 15.2 Å². The summed E-state index contributed by atoms with van der Waals surface area (Å²) in [5.41, 5.74) is 2.96. The second-order valence-electron chi connectivity index (χ2n) is 7.78. The van der Waals surface area contributed by atoms with Crippen molar-refractivity contribution in [3.8, 4) is 0 Å². The largest absolute Gasteiger partial charge is 0.478 e. The molecule has 0 aromatic heterocycles. The van der Waals surface area contributed by atoms with E-state index in [0.717, 1.165) is 0 Å². The van der Waals surface area contributed by atoms with Crippen molar-refractivity contribution in [3.05, 3.63) is 10.1 Å². The first-order valence-corrected chi connectivity index (χ1v) is 9.04. The van der Waals surface area contributed by atoms with E-state index in [-0.39, 0.29) is 24.7 Å². The Bertz CT molecular complexity index is 609. The number of rotatable bonds is 8. The van der Waals surface area contributed by atoms with Gasteiger partial charge in [-0.05, 0) is 20.3 Å². The lowest BCUT2D eigenvalue weighted by Gasteiger charge is -2.29. The molecule has 9 heteroatoms. The standard InChI is InChI=1S/C17H30N4O5/c1-6-16(5,21(23)24)12-9-26-14(20-12)17(7-2,10-18)13-19-11(8-25-13)15(3,4)22/h11-12,22H,6-10,18H2,1-5H3. The fourth-order valence-corrected chi connectivity index (χ4v) is 3.15. The van der Waals surface area contributed by atoms with Crippen LogP contribution in [0.25, 0.3) is 0 Å². The lowest BCUT2D eigenvalue weighted by Crippen LogP contribution is -2.46. The van der Waals surface area contributed by atoms with Gasteiger partial charge in [0.15, 0.2) is 6.04 Å². The number of nitrogens with zero attached hydrogens (tertiary/aromatic N) is 3. The number of nitro groups is 1. The summed E-state index contributed by atoms with van der Waals surface area (Å²) in [5, 5.41) is 21.7. The Balaban J connectivity index is 2.39. The van der Waals surface area contributed by atoms with Crippen LogP contribution < -0.4 is 5.73 Å². The molecule has 4 atom stereocenters. The van der Waals surface area contributed by atoms with Crippen LogP contribution in [0.3, 0.4) is 0 Å². The van der Waals surface area contributed by atoms with Gasteiger partial charge in [-0.1, -0.05) is 13.8 Å². The minimum atomic E-state index is -1.20. The van der Waals surface area contributed by atoms with E-state index in [0.29, 0.717) is 24.6 Å². The molecule has 4 unspecified atom stereocenters. The van der Waals surface area contributed by atoms with Crippen LogP contribution in [-0.4, -0.2) is 64.8 Å². The van der Waals surface area contributed by atoms with Gasteiger partial charge in [0, 0.05) is 24.8 Å². The predicted octanol–water partition coefficient (Wildman–Crippen LogP) is 1.15. The fourth-order valence-electron chi connectivity index (χ4n) is 3.15. The summed E-state index contributed by atoms with van der Waals surface area (Å²) in [4.78, 5) is 20.3. The number of aliphatic imine (C=N–C) groups is 2. The highest BCUT2D eigenvalue weighted by atomic mass is 16.6. The molecule has 0 bridgehead atoms. The minimum Gasteiger partial charge on any atom is -0.478 e. The van der Waals surface area contributed by atoms with Crippen molar-refractivity contribution in [2.75, 3.05) is 19.8 Å². The zero-order chi connectivity index (χ0) is 19.8. The molecule has 26 heavy (non-hydrogen) atoms. The average molecular weight is 370 g/mol. The zero-order valence-corrected chi connectivity index (χ0v) is 16.2. The van der Waals surface area contributed by atoms with Crippen molar-refractivity contribution < 1.29 is 19.5 Å². The number of ether oxygens (including phenoxy) is 2. The average Bonchev–Trinajstić information content (AvgIpc) is 3.25. The summed E-state index contributed by atoms with van der Waals surface area (Å²) in [6.45, 7) is 9.14. The lowest BCUT2D eigenvalue weighted by molar-refractivity contribution is -0.569. The molecule has 0 saturated heterocycles. The highest BCUT2D eigenvalue weighted by molar-refractivity contribution is 6.06. The van der Waals surface area contributed by atoms with Gasteiger partial charge in [-0.15, -0.1) is 0 Å². The quantitative estimate of drug-likeness (QED) is 0.486. The van der Waals surface area contributed by atoms with E-state index < -0.39 is 28.6 Å². The zero-order valence-electron chi connectivity index (χ0n) is 16.2. The van der Waals surface area contributed by atoms with E-state index in [1.165, 1.54) is 0 Å². The molecule has 0 spiro atoms. The Hall–Kier alpha value is -1.74. The number of hydrogen-bond donors (Lipinski definition) is 2. The van der Waals surface area contributed by atoms with Crippen molar-refractivity contribution in [2.45, 2.75) is 70.7 Å². The lowest BCUT2D eigenvalue weighted by atomic mass is 9.84. The van der Waals surface area contributed by atoms with Crippen molar-refractivity contribution in [2.24, 2.45) is 21.1 Å². The monoisotopic (exact) mass is 370 g/mol. The molecule has 0 fully saturated rings. The maximum absolute atomic E-state index is 11.5. The molecule has 0 aromatic rings. The molecule has 9 nitrogen and oxygen atoms in total. The summed E-state index contributed by atoms with van der Waals surface area (Å²) in [5.74, 6) is 0.720. The van der Waals surface area contributed by atoms with Crippen LogP contribution in [0.1, 0.15) is 47.5 Å². The van der Waals surface area contributed by atoms with Crippen LogP contribution in [0.5, 0.6) is 0 Å². The molecule has 2 heterocycles. The molecule has 0 aliphatic carbocycles. The van der Waals surface area contributed by atoms with Gasteiger partial charge < -0.3 is 20.3 Å². The topological polar surface area (TPSA) is 133 Å². The summed E-state index contributed by atoms with van der Waals surface area (Å²) >= 11 is 0. The maximum Gasteiger partial charge on any atom is 0.244 e. The second-order valence-corrected chi connectivity index (χ2v) is 7.78. The van der Waals surface area contributed by atoms with Crippen molar-refractivity contribution >= 4 is 11.8 Å². The highest BCUT2D eigenvalue weighted by Gasteiger charge is 2.53. The van der Waals surface area contributed by atoms with Crippen molar-refractivity contribution in [1.29, 1.82) is 0 Å². The van der Waals surface area contributed by atoms with Crippen LogP contribution in [0, 0.1) is 15.5 Å². The molecular formula is C17H30N4O5. The molecule has 3 N–H and O–H groups in total. The Labute approximate surface area is 153 Å². The van der Waals surface area contributed by atoms with Crippen LogP contribution in [0.15, 0.2) is 9.98 Å². The first-order valence-electron chi connectivity index (χ1n) is 9.04. The van der Waals surface area contributed by atoms with Gasteiger partial charge in [0.2, 0.25) is 17.3 Å². The van der Waals surface area contributed by atoms with Gasteiger partial charge in [0.25, 0.3) is 0 Å². The molecule has 2 rings (SSSR count). The maximum atomic E-state index is 11.5. The molecule has 148 valence electrons. The first-order chi connectivity index (χ1) is 12.0.